The Hall–Kier alpha value is -1.58. The molecule has 0 aromatic carbocycles. The van der Waals surface area contributed by atoms with Crippen molar-refractivity contribution in [3.05, 3.63) is 26.6 Å². The maximum atomic E-state index is 11.5. The first kappa shape index (κ1) is 13.5. The van der Waals surface area contributed by atoms with Crippen molar-refractivity contribution in [2.45, 2.75) is 13.0 Å². The van der Waals surface area contributed by atoms with Crippen molar-refractivity contribution in [3.8, 4) is 6.07 Å². The van der Waals surface area contributed by atoms with Gasteiger partial charge in [-0.15, -0.1) is 0 Å². The van der Waals surface area contributed by atoms with Crippen LogP contribution in [-0.4, -0.2) is 22.2 Å². The molecule has 0 saturated heterocycles. The molecule has 1 N–H and O–H groups in total. The molecule has 0 fully saturated rings. The van der Waals surface area contributed by atoms with Crippen molar-refractivity contribution in [3.63, 3.8) is 0 Å². The van der Waals surface area contributed by atoms with Gasteiger partial charge in [0.15, 0.2) is 0 Å². The third-order valence-corrected chi connectivity index (χ3v) is 2.54. The molecule has 90 valence electrons. The summed E-state index contributed by atoms with van der Waals surface area (Å²) in [4.78, 5) is 22.8. The second-order valence-corrected chi connectivity index (χ2v) is 3.81. The number of hydrogen-bond acceptors (Lipinski definition) is 4. The van der Waals surface area contributed by atoms with Crippen LogP contribution in [0.4, 0.5) is 0 Å². The minimum atomic E-state index is -0.630. The molecule has 0 saturated carbocycles. The van der Waals surface area contributed by atoms with E-state index in [0.29, 0.717) is 0 Å². The van der Waals surface area contributed by atoms with E-state index in [9.17, 15) is 9.59 Å². The Morgan fingerprint density at radius 1 is 1.59 bits per heavy atom. The molecule has 1 aromatic heterocycles. The molecular formula is C9H8Cl2N4O2. The quantitative estimate of drug-likeness (QED) is 0.814. The Morgan fingerprint density at radius 3 is 2.94 bits per heavy atom. The molecule has 8 heteroatoms. The van der Waals surface area contributed by atoms with Gasteiger partial charge in [0.2, 0.25) is 5.91 Å². The fourth-order valence-electron chi connectivity index (χ4n) is 1.01. The number of nitrogens with zero attached hydrogens (tertiary/aromatic N) is 3. The summed E-state index contributed by atoms with van der Waals surface area (Å²) in [5.41, 5.74) is -0.630. The summed E-state index contributed by atoms with van der Waals surface area (Å²) in [5.74, 6) is -0.423. The number of amides is 1. The van der Waals surface area contributed by atoms with E-state index >= 15 is 0 Å². The van der Waals surface area contributed by atoms with Crippen LogP contribution < -0.4 is 10.9 Å². The average molecular weight is 275 g/mol. The normalized spacial score (nSPS) is 9.71. The predicted octanol–water partition coefficient (Wildman–Crippen LogP) is 0.580. The van der Waals surface area contributed by atoms with Gasteiger partial charge in [-0.25, -0.2) is 4.68 Å². The third-order valence-electron chi connectivity index (χ3n) is 1.79. The summed E-state index contributed by atoms with van der Waals surface area (Å²) < 4.78 is 0.899. The number of nitrogens with one attached hydrogen (secondary N) is 1. The lowest BCUT2D eigenvalue weighted by atomic mass is 10.4. The van der Waals surface area contributed by atoms with Crippen LogP contribution in [0.25, 0.3) is 0 Å². The number of rotatable bonds is 4. The maximum Gasteiger partial charge on any atom is 0.287 e. The summed E-state index contributed by atoms with van der Waals surface area (Å²) in [6.07, 6.45) is 1.39. The molecule has 1 rings (SSSR count). The molecule has 0 aliphatic rings. The fraction of sp³-hybridized carbons (Fsp3) is 0.333. The number of aromatic nitrogens is 2. The molecule has 1 amide bonds. The third kappa shape index (κ3) is 3.73. The highest BCUT2D eigenvalue weighted by molar-refractivity contribution is 6.41. The Kier molecular flexibility index (Phi) is 4.94. The summed E-state index contributed by atoms with van der Waals surface area (Å²) in [7, 11) is 0. The Morgan fingerprint density at radius 2 is 2.29 bits per heavy atom. The minimum Gasteiger partial charge on any atom is -0.353 e. The van der Waals surface area contributed by atoms with Gasteiger partial charge >= 0.3 is 0 Å². The Labute approximate surface area is 107 Å². The zero-order valence-electron chi connectivity index (χ0n) is 8.61. The van der Waals surface area contributed by atoms with E-state index < -0.39 is 11.5 Å². The first-order chi connectivity index (χ1) is 8.06. The maximum absolute atomic E-state index is 11.5. The number of carbonyl (C=O) groups is 1. The second-order valence-electron chi connectivity index (χ2n) is 3.03. The van der Waals surface area contributed by atoms with E-state index in [1.165, 1.54) is 6.20 Å². The molecule has 0 atom stereocenters. The standard InChI is InChI=1S/C9H8Cl2N4O2/c10-6-4-14-15(9(17)8(6)11)5-7(16)13-3-1-2-12/h4H,1,3,5H2,(H,13,16). The van der Waals surface area contributed by atoms with Crippen molar-refractivity contribution in [2.75, 3.05) is 6.54 Å². The van der Waals surface area contributed by atoms with Crippen molar-refractivity contribution >= 4 is 29.1 Å². The van der Waals surface area contributed by atoms with Crippen molar-refractivity contribution in [1.82, 2.24) is 15.1 Å². The summed E-state index contributed by atoms with van der Waals surface area (Å²) >= 11 is 11.2. The van der Waals surface area contributed by atoms with Crippen LogP contribution in [0, 0.1) is 11.3 Å². The van der Waals surface area contributed by atoms with Crippen molar-refractivity contribution < 1.29 is 4.79 Å². The van der Waals surface area contributed by atoms with Gasteiger partial charge in [-0.2, -0.15) is 10.4 Å². The Balaban J connectivity index is 2.70. The van der Waals surface area contributed by atoms with Crippen molar-refractivity contribution in [2.24, 2.45) is 0 Å². The van der Waals surface area contributed by atoms with E-state index in [0.717, 1.165) is 4.68 Å². The van der Waals surface area contributed by atoms with E-state index in [1.807, 2.05) is 6.07 Å². The zero-order chi connectivity index (χ0) is 12.8. The summed E-state index contributed by atoms with van der Waals surface area (Å²) in [6, 6.07) is 1.88. The zero-order valence-corrected chi connectivity index (χ0v) is 10.1. The van der Waals surface area contributed by atoms with Crippen LogP contribution in [0.5, 0.6) is 0 Å². The summed E-state index contributed by atoms with van der Waals surface area (Å²) in [6.45, 7) is -0.0352. The van der Waals surface area contributed by atoms with Crippen LogP contribution in [-0.2, 0) is 11.3 Å². The van der Waals surface area contributed by atoms with E-state index in [-0.39, 0.29) is 29.6 Å². The first-order valence-electron chi connectivity index (χ1n) is 4.61. The second kappa shape index (κ2) is 6.23. The van der Waals surface area contributed by atoms with Crippen molar-refractivity contribution in [1.29, 1.82) is 5.26 Å². The van der Waals surface area contributed by atoms with E-state index in [4.69, 9.17) is 28.5 Å². The van der Waals surface area contributed by atoms with Crippen LogP contribution >= 0.6 is 23.2 Å². The SMILES string of the molecule is N#CCCNC(=O)Cn1ncc(Cl)c(Cl)c1=O. The van der Waals surface area contributed by atoms with Gasteiger partial charge in [-0.1, -0.05) is 23.2 Å². The topological polar surface area (TPSA) is 87.8 Å². The van der Waals surface area contributed by atoms with Crippen LogP contribution in [0.2, 0.25) is 10.0 Å². The number of nitriles is 1. The molecule has 0 aliphatic heterocycles. The predicted molar refractivity (Wildman–Crippen MR) is 61.8 cm³/mol. The van der Waals surface area contributed by atoms with Gasteiger partial charge in [0.1, 0.15) is 11.6 Å². The molecule has 0 bridgehead atoms. The first-order valence-corrected chi connectivity index (χ1v) is 5.36. The molecule has 1 aromatic rings. The van der Waals surface area contributed by atoms with Crippen LogP contribution in [0.1, 0.15) is 6.42 Å². The highest BCUT2D eigenvalue weighted by atomic mass is 35.5. The smallest absolute Gasteiger partial charge is 0.287 e. The molecule has 0 spiro atoms. The lowest BCUT2D eigenvalue weighted by Gasteiger charge is -2.05. The number of carbonyl (C=O) groups excluding carboxylic acids is 1. The van der Waals surface area contributed by atoms with E-state index in [2.05, 4.69) is 10.4 Å². The molecular weight excluding hydrogens is 267 g/mol. The van der Waals surface area contributed by atoms with Gasteiger partial charge in [0.05, 0.1) is 23.7 Å². The Bertz CT molecular complexity index is 521. The molecule has 0 unspecified atom stereocenters. The average Bonchev–Trinajstić information content (AvgIpc) is 2.30. The lowest BCUT2D eigenvalue weighted by Crippen LogP contribution is -2.34. The largest absolute Gasteiger partial charge is 0.353 e. The van der Waals surface area contributed by atoms with Crippen LogP contribution in [0.3, 0.4) is 0 Å². The molecule has 6 nitrogen and oxygen atoms in total. The summed E-state index contributed by atoms with van der Waals surface area (Å²) in [5, 5.41) is 14.3. The lowest BCUT2D eigenvalue weighted by molar-refractivity contribution is -0.121. The molecule has 0 radical (unpaired) electrons. The van der Waals surface area contributed by atoms with Gasteiger partial charge < -0.3 is 5.32 Å². The molecule has 0 aliphatic carbocycles. The number of halogens is 2. The highest BCUT2D eigenvalue weighted by Crippen LogP contribution is 2.14. The van der Waals surface area contributed by atoms with Gasteiger partial charge in [0.25, 0.3) is 5.56 Å². The number of hydrogen-bond donors (Lipinski definition) is 1. The molecule has 17 heavy (non-hydrogen) atoms. The fourth-order valence-corrected chi connectivity index (χ4v) is 1.28. The van der Waals surface area contributed by atoms with Gasteiger partial charge in [-0.05, 0) is 0 Å². The van der Waals surface area contributed by atoms with E-state index in [1.54, 1.807) is 0 Å². The molecule has 1 heterocycles. The minimum absolute atomic E-state index is 0.0396. The monoisotopic (exact) mass is 274 g/mol. The van der Waals surface area contributed by atoms with Gasteiger partial charge in [0, 0.05) is 6.54 Å². The highest BCUT2D eigenvalue weighted by Gasteiger charge is 2.10. The van der Waals surface area contributed by atoms with Gasteiger partial charge in [-0.3, -0.25) is 9.59 Å². The van der Waals surface area contributed by atoms with Crippen LogP contribution in [0.15, 0.2) is 11.0 Å².